The highest BCUT2D eigenvalue weighted by Gasteiger charge is 2.42. The highest BCUT2D eigenvalue weighted by Crippen LogP contribution is 2.40. The zero-order valence-electron chi connectivity index (χ0n) is 4.71. The summed E-state index contributed by atoms with van der Waals surface area (Å²) in [5.74, 6) is 0. The van der Waals surface area contributed by atoms with Gasteiger partial charge in [-0.15, -0.1) is 0 Å². The number of hydrogen-bond acceptors (Lipinski definition) is 0. The molecule has 0 nitrogen and oxygen atoms in total. The van der Waals surface area contributed by atoms with Crippen LogP contribution in [0.25, 0.3) is 0 Å². The van der Waals surface area contributed by atoms with E-state index < -0.39 is 11.5 Å². The van der Waals surface area contributed by atoms with E-state index in [0.717, 1.165) is 13.8 Å². The van der Waals surface area contributed by atoms with Crippen LogP contribution in [0.3, 0.4) is 0 Å². The summed E-state index contributed by atoms with van der Waals surface area (Å²) in [5.41, 5.74) is 0. The smallest absolute Gasteiger partial charge is 0.171 e. The van der Waals surface area contributed by atoms with E-state index in [1.807, 2.05) is 0 Å². The van der Waals surface area contributed by atoms with Gasteiger partial charge in [-0.05, 0) is 0 Å². The molecule has 0 aromatic carbocycles. The Morgan fingerprint density at radius 2 is 1.25 bits per heavy atom. The van der Waals surface area contributed by atoms with Gasteiger partial charge in [-0.3, -0.25) is 0 Å². The number of rotatable bonds is 0. The van der Waals surface area contributed by atoms with Gasteiger partial charge in [0, 0.05) is 5.31 Å². The molecule has 8 heavy (non-hydrogen) atoms. The van der Waals surface area contributed by atoms with Gasteiger partial charge in [-0.1, -0.05) is 13.8 Å². The van der Waals surface area contributed by atoms with Gasteiger partial charge < -0.3 is 0 Å². The average Bonchev–Trinajstić information content (AvgIpc) is 1.25. The lowest BCUT2D eigenvalue weighted by molar-refractivity contribution is -0.156. The molecule has 0 N–H and O–H groups in total. The number of halogens is 3. The van der Waals surface area contributed by atoms with Crippen LogP contribution in [0, 0.1) is 0 Å². The first-order valence-electron chi connectivity index (χ1n) is 2.11. The molecule has 0 unspecified atom stereocenters. The standard InChI is InChI=1S/C4H6BF3/c1-3(2,5)4(6,7)8/h1-2H3. The molecule has 2 radical (unpaired) electrons. The van der Waals surface area contributed by atoms with E-state index in [-0.39, 0.29) is 0 Å². The van der Waals surface area contributed by atoms with E-state index in [4.69, 9.17) is 0 Å². The second kappa shape index (κ2) is 1.67. The number of hydrogen-bond donors (Lipinski definition) is 0. The highest BCUT2D eigenvalue weighted by molar-refractivity contribution is 6.15. The summed E-state index contributed by atoms with van der Waals surface area (Å²) in [6, 6.07) is 0. The third kappa shape index (κ3) is 1.76. The maximum absolute atomic E-state index is 11.4. The molecule has 0 aromatic heterocycles. The lowest BCUT2D eigenvalue weighted by Gasteiger charge is -2.22. The van der Waals surface area contributed by atoms with Gasteiger partial charge in [0.25, 0.3) is 0 Å². The highest BCUT2D eigenvalue weighted by atomic mass is 19.4. The maximum Gasteiger partial charge on any atom is 0.386 e. The van der Waals surface area contributed by atoms with E-state index in [1.165, 1.54) is 0 Å². The number of alkyl halides is 3. The Kier molecular flexibility index (Phi) is 1.64. The molecule has 0 saturated carbocycles. The van der Waals surface area contributed by atoms with E-state index in [0.29, 0.717) is 0 Å². The van der Waals surface area contributed by atoms with E-state index >= 15 is 0 Å². The van der Waals surface area contributed by atoms with Gasteiger partial charge in [0.05, 0.1) is 7.85 Å². The SMILES string of the molecule is [B]C(C)(C)C(F)(F)F. The quantitative estimate of drug-likeness (QED) is 0.430. The third-order valence-electron chi connectivity index (χ3n) is 0.731. The van der Waals surface area contributed by atoms with Crippen molar-refractivity contribution in [2.45, 2.75) is 25.3 Å². The predicted octanol–water partition coefficient (Wildman–Crippen LogP) is 1.92. The molecule has 0 aromatic rings. The first-order chi connectivity index (χ1) is 3.25. The van der Waals surface area contributed by atoms with Gasteiger partial charge in [0.2, 0.25) is 0 Å². The van der Waals surface area contributed by atoms with Gasteiger partial charge in [0.15, 0.2) is 0 Å². The van der Waals surface area contributed by atoms with Crippen LogP contribution in [0.15, 0.2) is 0 Å². The van der Waals surface area contributed by atoms with Crippen LogP contribution in [0.2, 0.25) is 5.31 Å². The zero-order valence-corrected chi connectivity index (χ0v) is 4.71. The summed E-state index contributed by atoms with van der Waals surface area (Å²) < 4.78 is 34.3. The fraction of sp³-hybridized carbons (Fsp3) is 1.00. The monoisotopic (exact) mass is 122 g/mol. The molecule has 4 heteroatoms. The normalized spacial score (nSPS) is 14.1. The summed E-state index contributed by atoms with van der Waals surface area (Å²) in [6.07, 6.45) is -4.28. The van der Waals surface area contributed by atoms with Crippen LogP contribution >= 0.6 is 0 Å². The molecule has 0 rings (SSSR count). The van der Waals surface area contributed by atoms with Crippen LogP contribution < -0.4 is 0 Å². The molecule has 0 bridgehead atoms. The van der Waals surface area contributed by atoms with Crippen LogP contribution in [0.4, 0.5) is 13.2 Å². The molecule has 0 atom stereocenters. The Balaban J connectivity index is 4.02. The first-order valence-corrected chi connectivity index (χ1v) is 2.11. The molecule has 0 amide bonds. The van der Waals surface area contributed by atoms with Crippen LogP contribution in [-0.2, 0) is 0 Å². The van der Waals surface area contributed by atoms with Gasteiger partial charge >= 0.3 is 6.18 Å². The summed E-state index contributed by atoms with van der Waals surface area (Å²) in [7, 11) is 4.69. The van der Waals surface area contributed by atoms with Gasteiger partial charge in [-0.25, -0.2) is 0 Å². The van der Waals surface area contributed by atoms with Crippen molar-refractivity contribution in [3.63, 3.8) is 0 Å². The minimum Gasteiger partial charge on any atom is -0.171 e. The minimum atomic E-state index is -4.28. The Labute approximate surface area is 47.5 Å². The molecule has 0 aliphatic carbocycles. The molecule has 0 saturated heterocycles. The molecule has 0 aliphatic rings. The Morgan fingerprint density at radius 3 is 1.25 bits per heavy atom. The molecule has 0 spiro atoms. The minimum absolute atomic E-state index is 0.924. The van der Waals surface area contributed by atoms with Gasteiger partial charge in [-0.2, -0.15) is 13.2 Å². The van der Waals surface area contributed by atoms with Crippen LogP contribution in [0.1, 0.15) is 13.8 Å². The Hall–Kier alpha value is -0.145. The second-order valence-corrected chi connectivity index (χ2v) is 2.22. The molecular formula is C4H6BF3. The molecule has 46 valence electrons. The largest absolute Gasteiger partial charge is 0.386 e. The molecule has 0 aliphatic heterocycles. The summed E-state index contributed by atoms with van der Waals surface area (Å²) in [6.45, 7) is 1.85. The fourth-order valence-electron chi connectivity index (χ4n) is 0. The van der Waals surface area contributed by atoms with E-state index in [9.17, 15) is 13.2 Å². The second-order valence-electron chi connectivity index (χ2n) is 2.22. The summed E-state index contributed by atoms with van der Waals surface area (Å²) in [5, 5.41) is -2.06. The zero-order chi connectivity index (χ0) is 7.00. The first kappa shape index (κ1) is 7.85. The van der Waals surface area contributed by atoms with Crippen molar-refractivity contribution >= 4 is 7.85 Å². The van der Waals surface area contributed by atoms with Crippen LogP contribution in [-0.4, -0.2) is 14.0 Å². The fourth-order valence-corrected chi connectivity index (χ4v) is 0. The molecule has 0 heterocycles. The third-order valence-corrected chi connectivity index (χ3v) is 0.731. The van der Waals surface area contributed by atoms with Crippen molar-refractivity contribution in [1.29, 1.82) is 0 Å². The Bertz CT molecular complexity index is 66.3. The van der Waals surface area contributed by atoms with Crippen molar-refractivity contribution in [3.05, 3.63) is 0 Å². The van der Waals surface area contributed by atoms with Crippen LogP contribution in [0.5, 0.6) is 0 Å². The molecular weight excluding hydrogens is 116 g/mol. The maximum atomic E-state index is 11.4. The topological polar surface area (TPSA) is 0 Å². The van der Waals surface area contributed by atoms with Crippen molar-refractivity contribution in [3.8, 4) is 0 Å². The van der Waals surface area contributed by atoms with Gasteiger partial charge in [0.1, 0.15) is 0 Å². The lowest BCUT2D eigenvalue weighted by Crippen LogP contribution is -2.25. The van der Waals surface area contributed by atoms with Crippen molar-refractivity contribution < 1.29 is 13.2 Å². The Morgan fingerprint density at radius 1 is 1.12 bits per heavy atom. The summed E-state index contributed by atoms with van der Waals surface area (Å²) >= 11 is 0. The van der Waals surface area contributed by atoms with Crippen molar-refractivity contribution in [2.75, 3.05) is 0 Å². The van der Waals surface area contributed by atoms with Crippen molar-refractivity contribution in [2.24, 2.45) is 0 Å². The summed E-state index contributed by atoms with van der Waals surface area (Å²) in [4.78, 5) is 0. The van der Waals surface area contributed by atoms with Crippen molar-refractivity contribution in [1.82, 2.24) is 0 Å². The van der Waals surface area contributed by atoms with E-state index in [1.54, 1.807) is 0 Å². The predicted molar refractivity (Wildman–Crippen MR) is 25.8 cm³/mol. The molecule has 0 fully saturated rings. The lowest BCUT2D eigenvalue weighted by atomic mass is 9.72. The average molecular weight is 122 g/mol. The van der Waals surface area contributed by atoms with E-state index in [2.05, 4.69) is 7.85 Å².